The standard InChI is InChI=1S/C19H24N4O/c24-19(17-8-4-5-11-20-17)23-12-9-15-16(10-13-23)21-22-18(15)14-6-2-1-3-7-14/h1-3,6-7,17,20H,4-5,8-13H2,(H,21,22). The number of rotatable bonds is 2. The zero-order chi connectivity index (χ0) is 16.4. The lowest BCUT2D eigenvalue weighted by Gasteiger charge is -2.29. The molecule has 3 heterocycles. The molecule has 24 heavy (non-hydrogen) atoms. The molecule has 1 atom stereocenters. The predicted octanol–water partition coefficient (Wildman–Crippen LogP) is 2.15. The van der Waals surface area contributed by atoms with Crippen molar-refractivity contribution >= 4 is 5.91 Å². The van der Waals surface area contributed by atoms with Crippen molar-refractivity contribution in [1.29, 1.82) is 0 Å². The van der Waals surface area contributed by atoms with Gasteiger partial charge in [-0.05, 0) is 25.8 Å². The molecule has 126 valence electrons. The maximum atomic E-state index is 12.8. The molecule has 2 N–H and O–H groups in total. The van der Waals surface area contributed by atoms with Gasteiger partial charge < -0.3 is 10.2 Å². The number of nitrogens with one attached hydrogen (secondary N) is 2. The summed E-state index contributed by atoms with van der Waals surface area (Å²) in [6.45, 7) is 2.52. The minimum absolute atomic E-state index is 0.0157. The van der Waals surface area contributed by atoms with Gasteiger partial charge >= 0.3 is 0 Å². The molecule has 2 aromatic rings. The molecule has 1 unspecified atom stereocenters. The third-order valence-corrected chi connectivity index (χ3v) is 5.18. The minimum Gasteiger partial charge on any atom is -0.341 e. The Bertz CT molecular complexity index is 703. The lowest BCUT2D eigenvalue weighted by Crippen LogP contribution is -2.49. The van der Waals surface area contributed by atoms with Crippen LogP contribution >= 0.6 is 0 Å². The maximum absolute atomic E-state index is 12.8. The Morgan fingerprint density at radius 1 is 1.12 bits per heavy atom. The second-order valence-corrected chi connectivity index (χ2v) is 6.72. The molecule has 0 bridgehead atoms. The Kier molecular flexibility index (Phi) is 4.34. The summed E-state index contributed by atoms with van der Waals surface area (Å²) in [5, 5.41) is 11.1. The fourth-order valence-electron chi connectivity index (χ4n) is 3.82. The monoisotopic (exact) mass is 324 g/mol. The first-order valence-corrected chi connectivity index (χ1v) is 8.96. The van der Waals surface area contributed by atoms with Gasteiger partial charge in [0.25, 0.3) is 0 Å². The van der Waals surface area contributed by atoms with E-state index >= 15 is 0 Å². The largest absolute Gasteiger partial charge is 0.341 e. The first kappa shape index (κ1) is 15.4. The third kappa shape index (κ3) is 2.96. The van der Waals surface area contributed by atoms with Gasteiger partial charge in [-0.2, -0.15) is 5.10 Å². The van der Waals surface area contributed by atoms with Gasteiger partial charge in [0.15, 0.2) is 0 Å². The van der Waals surface area contributed by atoms with E-state index in [-0.39, 0.29) is 11.9 Å². The van der Waals surface area contributed by atoms with E-state index in [0.29, 0.717) is 0 Å². The summed E-state index contributed by atoms with van der Waals surface area (Å²) in [4.78, 5) is 14.8. The Hall–Kier alpha value is -2.14. The molecule has 1 amide bonds. The molecule has 4 rings (SSSR count). The van der Waals surface area contributed by atoms with Crippen molar-refractivity contribution in [3.63, 3.8) is 0 Å². The molecule has 1 fully saturated rings. The van der Waals surface area contributed by atoms with E-state index in [1.165, 1.54) is 17.7 Å². The summed E-state index contributed by atoms with van der Waals surface area (Å²) in [6.07, 6.45) is 5.03. The van der Waals surface area contributed by atoms with Crippen LogP contribution in [0.15, 0.2) is 30.3 Å². The number of nitrogens with zero attached hydrogens (tertiary/aromatic N) is 2. The van der Waals surface area contributed by atoms with E-state index in [2.05, 4.69) is 27.6 Å². The van der Waals surface area contributed by atoms with Gasteiger partial charge in [0.05, 0.1) is 11.7 Å². The van der Waals surface area contributed by atoms with Gasteiger partial charge in [0.1, 0.15) is 0 Å². The molecule has 1 saturated heterocycles. The highest BCUT2D eigenvalue weighted by Crippen LogP contribution is 2.26. The first-order valence-electron chi connectivity index (χ1n) is 8.96. The summed E-state index contributed by atoms with van der Waals surface area (Å²) in [7, 11) is 0. The number of benzene rings is 1. The molecule has 2 aliphatic rings. The summed E-state index contributed by atoms with van der Waals surface area (Å²) in [5.41, 5.74) is 4.63. The number of amides is 1. The predicted molar refractivity (Wildman–Crippen MR) is 93.7 cm³/mol. The van der Waals surface area contributed by atoms with E-state index in [1.807, 2.05) is 23.1 Å². The molecule has 0 aliphatic carbocycles. The van der Waals surface area contributed by atoms with Crippen LogP contribution in [0.4, 0.5) is 0 Å². The lowest BCUT2D eigenvalue weighted by atomic mass is 10.0. The van der Waals surface area contributed by atoms with Crippen molar-refractivity contribution in [2.24, 2.45) is 0 Å². The van der Waals surface area contributed by atoms with Gasteiger partial charge in [-0.3, -0.25) is 9.89 Å². The summed E-state index contributed by atoms with van der Waals surface area (Å²) < 4.78 is 0. The van der Waals surface area contributed by atoms with Gasteiger partial charge in [-0.15, -0.1) is 0 Å². The first-order chi connectivity index (χ1) is 11.8. The van der Waals surface area contributed by atoms with Gasteiger partial charge in [-0.25, -0.2) is 0 Å². The zero-order valence-electron chi connectivity index (χ0n) is 13.9. The molecule has 0 radical (unpaired) electrons. The smallest absolute Gasteiger partial charge is 0.239 e. The average molecular weight is 324 g/mol. The summed E-state index contributed by atoms with van der Waals surface area (Å²) >= 11 is 0. The van der Waals surface area contributed by atoms with E-state index in [4.69, 9.17) is 0 Å². The molecular weight excluding hydrogens is 300 g/mol. The number of piperidine rings is 1. The van der Waals surface area contributed by atoms with Crippen LogP contribution in [0.3, 0.4) is 0 Å². The van der Waals surface area contributed by atoms with Crippen molar-refractivity contribution in [3.05, 3.63) is 41.6 Å². The van der Waals surface area contributed by atoms with Crippen LogP contribution in [-0.2, 0) is 17.6 Å². The maximum Gasteiger partial charge on any atom is 0.239 e. The number of hydrogen-bond acceptors (Lipinski definition) is 3. The molecule has 1 aromatic heterocycles. The van der Waals surface area contributed by atoms with Gasteiger partial charge in [0.2, 0.25) is 5.91 Å². The number of fused-ring (bicyclic) bond motifs is 1. The quantitative estimate of drug-likeness (QED) is 0.890. The SMILES string of the molecule is O=C(C1CCCCN1)N1CCc2[nH]nc(-c3ccccc3)c2CC1. The van der Waals surface area contributed by atoms with Crippen molar-refractivity contribution in [2.45, 2.75) is 38.1 Å². The highest BCUT2D eigenvalue weighted by Gasteiger charge is 2.28. The summed E-state index contributed by atoms with van der Waals surface area (Å²) in [5.74, 6) is 0.272. The third-order valence-electron chi connectivity index (χ3n) is 5.18. The van der Waals surface area contributed by atoms with E-state index < -0.39 is 0 Å². The fourth-order valence-corrected chi connectivity index (χ4v) is 3.82. The minimum atomic E-state index is 0.0157. The van der Waals surface area contributed by atoms with Crippen molar-refractivity contribution in [2.75, 3.05) is 19.6 Å². The van der Waals surface area contributed by atoms with Crippen LogP contribution in [0, 0.1) is 0 Å². The second kappa shape index (κ2) is 6.77. The lowest BCUT2D eigenvalue weighted by molar-refractivity contribution is -0.133. The number of hydrogen-bond donors (Lipinski definition) is 2. The number of H-pyrrole nitrogens is 1. The summed E-state index contributed by atoms with van der Waals surface area (Å²) in [6, 6.07) is 10.3. The van der Waals surface area contributed by atoms with Crippen molar-refractivity contribution < 1.29 is 4.79 Å². The number of carbonyl (C=O) groups is 1. The Morgan fingerprint density at radius 2 is 1.96 bits per heavy atom. The molecule has 2 aliphatic heterocycles. The Labute approximate surface area is 142 Å². The van der Waals surface area contributed by atoms with Crippen LogP contribution < -0.4 is 5.32 Å². The van der Waals surface area contributed by atoms with Gasteiger partial charge in [-0.1, -0.05) is 36.8 Å². The van der Waals surface area contributed by atoms with Crippen molar-refractivity contribution in [3.8, 4) is 11.3 Å². The number of aromatic amines is 1. The molecule has 0 saturated carbocycles. The van der Waals surface area contributed by atoms with Crippen LogP contribution in [0.25, 0.3) is 11.3 Å². The second-order valence-electron chi connectivity index (χ2n) is 6.72. The van der Waals surface area contributed by atoms with E-state index in [1.54, 1.807) is 0 Å². The Balaban J connectivity index is 1.50. The van der Waals surface area contributed by atoms with Crippen LogP contribution in [-0.4, -0.2) is 46.7 Å². The van der Waals surface area contributed by atoms with Gasteiger partial charge in [0, 0.05) is 36.3 Å². The van der Waals surface area contributed by atoms with Crippen LogP contribution in [0.5, 0.6) is 0 Å². The zero-order valence-corrected chi connectivity index (χ0v) is 13.9. The average Bonchev–Trinajstić information content (AvgIpc) is 2.94. The van der Waals surface area contributed by atoms with Crippen molar-refractivity contribution in [1.82, 2.24) is 20.4 Å². The van der Waals surface area contributed by atoms with E-state index in [9.17, 15) is 4.79 Å². The number of aromatic nitrogens is 2. The molecule has 0 spiro atoms. The molecule has 5 nitrogen and oxygen atoms in total. The number of carbonyl (C=O) groups excluding carboxylic acids is 1. The Morgan fingerprint density at radius 3 is 2.75 bits per heavy atom. The molecular formula is C19H24N4O. The van der Waals surface area contributed by atoms with E-state index in [0.717, 1.165) is 56.6 Å². The molecule has 5 heteroatoms. The normalized spacial score (nSPS) is 21.2. The molecule has 1 aromatic carbocycles. The van der Waals surface area contributed by atoms with Crippen LogP contribution in [0.1, 0.15) is 30.5 Å². The topological polar surface area (TPSA) is 61.0 Å². The fraction of sp³-hybridized carbons (Fsp3) is 0.474. The highest BCUT2D eigenvalue weighted by atomic mass is 16.2. The highest BCUT2D eigenvalue weighted by molar-refractivity contribution is 5.82. The van der Waals surface area contributed by atoms with Crippen LogP contribution in [0.2, 0.25) is 0 Å².